The number of ether oxygens (including phenoxy) is 1. The Bertz CT molecular complexity index is 474. The van der Waals surface area contributed by atoms with Crippen LogP contribution < -0.4 is 10.5 Å². The summed E-state index contributed by atoms with van der Waals surface area (Å²) >= 11 is 0. The predicted octanol–water partition coefficient (Wildman–Crippen LogP) is 3.23. The van der Waals surface area contributed by atoms with Gasteiger partial charge in [-0.3, -0.25) is 0 Å². The minimum atomic E-state index is -0.572. The molecule has 1 rings (SSSR count). The molecule has 2 N–H and O–H groups in total. The van der Waals surface area contributed by atoms with Gasteiger partial charge in [-0.2, -0.15) is 5.26 Å². The highest BCUT2D eigenvalue weighted by Gasteiger charge is 2.31. The monoisotopic (exact) mass is 264 g/mol. The van der Waals surface area contributed by atoms with Gasteiger partial charge in [0.25, 0.3) is 0 Å². The Kier molecular flexibility index (Phi) is 4.90. The van der Waals surface area contributed by atoms with Crippen molar-refractivity contribution in [3.05, 3.63) is 29.6 Å². The molecular weight excluding hydrogens is 243 g/mol. The van der Waals surface area contributed by atoms with E-state index in [4.69, 9.17) is 15.7 Å². The second kappa shape index (κ2) is 6.03. The van der Waals surface area contributed by atoms with Crippen molar-refractivity contribution in [2.45, 2.75) is 46.3 Å². The van der Waals surface area contributed by atoms with E-state index in [1.165, 1.54) is 12.1 Å². The number of nitrogens with zero attached hydrogens (tertiary/aromatic N) is 1. The Labute approximate surface area is 114 Å². The van der Waals surface area contributed by atoms with Gasteiger partial charge in [0.05, 0.1) is 5.56 Å². The Morgan fingerprint density at radius 3 is 2.47 bits per heavy atom. The SMILES string of the molecule is CCC(N)C(Oc1ccc(C#N)c(F)c1)C(C)(C)C. The summed E-state index contributed by atoms with van der Waals surface area (Å²) in [5, 5.41) is 8.70. The molecule has 19 heavy (non-hydrogen) atoms. The summed E-state index contributed by atoms with van der Waals surface area (Å²) in [4.78, 5) is 0. The summed E-state index contributed by atoms with van der Waals surface area (Å²) in [5.74, 6) is -0.168. The third-order valence-corrected chi connectivity index (χ3v) is 3.04. The third-order valence-electron chi connectivity index (χ3n) is 3.04. The Balaban J connectivity index is 2.98. The van der Waals surface area contributed by atoms with Gasteiger partial charge in [-0.1, -0.05) is 27.7 Å². The second-order valence-electron chi connectivity index (χ2n) is 5.73. The average molecular weight is 264 g/mol. The topological polar surface area (TPSA) is 59.0 Å². The lowest BCUT2D eigenvalue weighted by Gasteiger charge is -2.35. The molecule has 0 saturated heterocycles. The summed E-state index contributed by atoms with van der Waals surface area (Å²) in [6.45, 7) is 8.10. The van der Waals surface area contributed by atoms with E-state index < -0.39 is 5.82 Å². The molecule has 0 saturated carbocycles. The first-order valence-electron chi connectivity index (χ1n) is 6.41. The van der Waals surface area contributed by atoms with Crippen molar-refractivity contribution in [2.75, 3.05) is 0 Å². The molecule has 2 atom stereocenters. The Hall–Kier alpha value is -1.60. The summed E-state index contributed by atoms with van der Waals surface area (Å²) in [5.41, 5.74) is 5.93. The number of nitriles is 1. The molecule has 0 aliphatic rings. The minimum Gasteiger partial charge on any atom is -0.488 e. The van der Waals surface area contributed by atoms with Gasteiger partial charge < -0.3 is 10.5 Å². The molecule has 0 aliphatic carbocycles. The fraction of sp³-hybridized carbons (Fsp3) is 0.533. The quantitative estimate of drug-likeness (QED) is 0.908. The summed E-state index contributed by atoms with van der Waals surface area (Å²) in [7, 11) is 0. The van der Waals surface area contributed by atoms with Crippen molar-refractivity contribution in [1.82, 2.24) is 0 Å². The number of nitrogens with two attached hydrogens (primary N) is 1. The molecule has 0 aliphatic heterocycles. The van der Waals surface area contributed by atoms with Crippen LogP contribution in [0.1, 0.15) is 39.7 Å². The highest BCUT2D eigenvalue weighted by atomic mass is 19.1. The molecule has 1 aromatic carbocycles. The van der Waals surface area contributed by atoms with Crippen LogP contribution in [0.2, 0.25) is 0 Å². The standard InChI is InChI=1S/C15H21FN2O/c1-5-13(18)14(15(2,3)4)19-11-7-6-10(9-17)12(16)8-11/h6-8,13-14H,5,18H2,1-4H3. The van der Waals surface area contributed by atoms with Crippen molar-refractivity contribution < 1.29 is 9.13 Å². The lowest BCUT2D eigenvalue weighted by Crippen LogP contribution is -2.47. The van der Waals surface area contributed by atoms with Crippen molar-refractivity contribution in [3.63, 3.8) is 0 Å². The van der Waals surface area contributed by atoms with Crippen molar-refractivity contribution in [2.24, 2.45) is 11.1 Å². The highest BCUT2D eigenvalue weighted by Crippen LogP contribution is 2.28. The lowest BCUT2D eigenvalue weighted by molar-refractivity contribution is 0.0619. The van der Waals surface area contributed by atoms with Crippen LogP contribution >= 0.6 is 0 Å². The zero-order valence-electron chi connectivity index (χ0n) is 11.9. The number of rotatable bonds is 4. The molecule has 0 bridgehead atoms. The molecule has 0 radical (unpaired) electrons. The average Bonchev–Trinajstić information content (AvgIpc) is 2.34. The van der Waals surface area contributed by atoms with Crippen molar-refractivity contribution >= 4 is 0 Å². The van der Waals surface area contributed by atoms with Crippen LogP contribution in [0.5, 0.6) is 5.75 Å². The van der Waals surface area contributed by atoms with E-state index in [0.29, 0.717) is 5.75 Å². The van der Waals surface area contributed by atoms with Crippen LogP contribution in [0.15, 0.2) is 18.2 Å². The Morgan fingerprint density at radius 2 is 2.05 bits per heavy atom. The summed E-state index contributed by atoms with van der Waals surface area (Å²) in [6.07, 6.45) is 0.561. The van der Waals surface area contributed by atoms with Gasteiger partial charge in [0.1, 0.15) is 23.7 Å². The normalized spacial score (nSPS) is 14.6. The van der Waals surface area contributed by atoms with E-state index in [0.717, 1.165) is 6.42 Å². The fourth-order valence-corrected chi connectivity index (χ4v) is 1.93. The number of benzene rings is 1. The summed E-state index contributed by atoms with van der Waals surface area (Å²) < 4.78 is 19.4. The zero-order chi connectivity index (χ0) is 14.6. The first-order valence-corrected chi connectivity index (χ1v) is 6.41. The summed E-state index contributed by atoms with van der Waals surface area (Å²) in [6, 6.07) is 5.91. The maximum absolute atomic E-state index is 13.5. The predicted molar refractivity (Wildman–Crippen MR) is 73.3 cm³/mol. The molecule has 0 amide bonds. The molecule has 0 heterocycles. The minimum absolute atomic E-state index is 0.0134. The first-order chi connectivity index (χ1) is 8.79. The maximum atomic E-state index is 13.5. The van der Waals surface area contributed by atoms with Crippen LogP contribution in [-0.2, 0) is 0 Å². The Morgan fingerprint density at radius 1 is 1.42 bits per heavy atom. The molecule has 2 unspecified atom stereocenters. The smallest absolute Gasteiger partial charge is 0.144 e. The molecule has 0 spiro atoms. The molecule has 4 heteroatoms. The second-order valence-corrected chi connectivity index (χ2v) is 5.73. The van der Waals surface area contributed by atoms with Crippen molar-refractivity contribution in [1.29, 1.82) is 5.26 Å². The lowest BCUT2D eigenvalue weighted by atomic mass is 9.84. The first kappa shape index (κ1) is 15.5. The van der Waals surface area contributed by atoms with Gasteiger partial charge in [-0.15, -0.1) is 0 Å². The van der Waals surface area contributed by atoms with E-state index in [1.54, 1.807) is 12.1 Å². The van der Waals surface area contributed by atoms with Crippen molar-refractivity contribution in [3.8, 4) is 11.8 Å². The molecular formula is C15H21FN2O. The molecule has 0 fully saturated rings. The van der Waals surface area contributed by atoms with Gasteiger partial charge in [-0.05, 0) is 18.6 Å². The van der Waals surface area contributed by atoms with Gasteiger partial charge in [0, 0.05) is 17.5 Å². The van der Waals surface area contributed by atoms with E-state index in [1.807, 2.05) is 27.7 Å². The maximum Gasteiger partial charge on any atom is 0.144 e. The number of hydrogen-bond donors (Lipinski definition) is 1. The van der Waals surface area contributed by atoms with E-state index in [9.17, 15) is 4.39 Å². The fourth-order valence-electron chi connectivity index (χ4n) is 1.93. The van der Waals surface area contributed by atoms with Gasteiger partial charge in [-0.25, -0.2) is 4.39 Å². The van der Waals surface area contributed by atoms with Crippen LogP contribution in [0.25, 0.3) is 0 Å². The zero-order valence-corrected chi connectivity index (χ0v) is 11.9. The van der Waals surface area contributed by atoms with Gasteiger partial charge >= 0.3 is 0 Å². The van der Waals surface area contributed by atoms with Crippen LogP contribution in [0.4, 0.5) is 4.39 Å². The largest absolute Gasteiger partial charge is 0.488 e. The molecule has 0 aromatic heterocycles. The van der Waals surface area contributed by atoms with Crippen LogP contribution in [0, 0.1) is 22.6 Å². The number of hydrogen-bond acceptors (Lipinski definition) is 3. The number of halogens is 1. The van der Waals surface area contributed by atoms with Crippen LogP contribution in [0.3, 0.4) is 0 Å². The molecule has 1 aromatic rings. The van der Waals surface area contributed by atoms with E-state index in [-0.39, 0.29) is 23.1 Å². The van der Waals surface area contributed by atoms with E-state index in [2.05, 4.69) is 0 Å². The van der Waals surface area contributed by atoms with Gasteiger partial charge in [0.2, 0.25) is 0 Å². The highest BCUT2D eigenvalue weighted by molar-refractivity contribution is 5.36. The van der Waals surface area contributed by atoms with Crippen LogP contribution in [-0.4, -0.2) is 12.1 Å². The third kappa shape index (κ3) is 3.93. The molecule has 3 nitrogen and oxygen atoms in total. The molecule has 104 valence electrons. The van der Waals surface area contributed by atoms with E-state index >= 15 is 0 Å². The van der Waals surface area contributed by atoms with Gasteiger partial charge in [0.15, 0.2) is 0 Å².